The maximum absolute atomic E-state index is 11.9. The molecule has 0 atom stereocenters. The van der Waals surface area contributed by atoms with Gasteiger partial charge in [0, 0.05) is 19.6 Å². The SMILES string of the molecule is COc1ccc(CNC(=O)NCC(=O)N2CCCCC2)cc1. The summed E-state index contributed by atoms with van der Waals surface area (Å²) < 4.78 is 5.08. The first kappa shape index (κ1) is 16.1. The molecule has 1 saturated heterocycles. The average Bonchev–Trinajstić information content (AvgIpc) is 2.59. The number of carbonyl (C=O) groups is 2. The zero-order valence-corrected chi connectivity index (χ0v) is 12.9. The van der Waals surface area contributed by atoms with Crippen molar-refractivity contribution in [3.8, 4) is 5.75 Å². The highest BCUT2D eigenvalue weighted by Crippen LogP contribution is 2.11. The number of methoxy groups -OCH3 is 1. The molecule has 1 aromatic carbocycles. The number of urea groups is 1. The fourth-order valence-electron chi connectivity index (χ4n) is 2.40. The van der Waals surface area contributed by atoms with Gasteiger partial charge in [0.1, 0.15) is 5.75 Å². The highest BCUT2D eigenvalue weighted by atomic mass is 16.5. The zero-order valence-electron chi connectivity index (χ0n) is 12.9. The first-order chi connectivity index (χ1) is 10.7. The normalized spacial score (nSPS) is 14.3. The van der Waals surface area contributed by atoms with E-state index in [2.05, 4.69) is 10.6 Å². The highest BCUT2D eigenvalue weighted by molar-refractivity contribution is 5.84. The first-order valence-electron chi connectivity index (χ1n) is 7.61. The Hall–Kier alpha value is -2.24. The molecule has 0 aliphatic carbocycles. The van der Waals surface area contributed by atoms with Crippen LogP contribution in [0.1, 0.15) is 24.8 Å². The van der Waals surface area contributed by atoms with Crippen LogP contribution in [0.15, 0.2) is 24.3 Å². The molecule has 22 heavy (non-hydrogen) atoms. The molecule has 6 nitrogen and oxygen atoms in total. The summed E-state index contributed by atoms with van der Waals surface area (Å²) in [5.41, 5.74) is 0.971. The van der Waals surface area contributed by atoms with Crippen LogP contribution in [-0.2, 0) is 11.3 Å². The second-order valence-electron chi connectivity index (χ2n) is 5.33. The van der Waals surface area contributed by atoms with Crippen molar-refractivity contribution < 1.29 is 14.3 Å². The van der Waals surface area contributed by atoms with Gasteiger partial charge in [0.15, 0.2) is 0 Å². The Morgan fingerprint density at radius 2 is 1.77 bits per heavy atom. The first-order valence-corrected chi connectivity index (χ1v) is 7.61. The van der Waals surface area contributed by atoms with E-state index in [0.717, 1.165) is 37.2 Å². The molecule has 0 spiro atoms. The molecule has 1 heterocycles. The predicted octanol–water partition coefficient (Wildman–Crippen LogP) is 1.51. The van der Waals surface area contributed by atoms with Crippen molar-refractivity contribution in [2.45, 2.75) is 25.8 Å². The number of ether oxygens (including phenoxy) is 1. The van der Waals surface area contributed by atoms with Gasteiger partial charge >= 0.3 is 6.03 Å². The van der Waals surface area contributed by atoms with Crippen LogP contribution in [0.3, 0.4) is 0 Å². The van der Waals surface area contributed by atoms with E-state index in [0.29, 0.717) is 6.54 Å². The minimum Gasteiger partial charge on any atom is -0.497 e. The van der Waals surface area contributed by atoms with Crippen molar-refractivity contribution in [1.82, 2.24) is 15.5 Å². The number of hydrogen-bond donors (Lipinski definition) is 2. The number of nitrogens with zero attached hydrogens (tertiary/aromatic N) is 1. The lowest BCUT2D eigenvalue weighted by Gasteiger charge is -2.26. The number of amides is 3. The minimum absolute atomic E-state index is 0.0145. The van der Waals surface area contributed by atoms with Crippen molar-refractivity contribution in [3.63, 3.8) is 0 Å². The van der Waals surface area contributed by atoms with Crippen molar-refractivity contribution >= 4 is 11.9 Å². The second-order valence-corrected chi connectivity index (χ2v) is 5.33. The molecular formula is C16H23N3O3. The quantitative estimate of drug-likeness (QED) is 0.866. The molecule has 3 amide bonds. The van der Waals surface area contributed by atoms with Gasteiger partial charge in [-0.25, -0.2) is 4.79 Å². The molecule has 1 aliphatic rings. The largest absolute Gasteiger partial charge is 0.497 e. The van der Waals surface area contributed by atoms with Crippen LogP contribution in [0.4, 0.5) is 4.79 Å². The van der Waals surface area contributed by atoms with Crippen LogP contribution in [0, 0.1) is 0 Å². The van der Waals surface area contributed by atoms with Gasteiger partial charge in [0.2, 0.25) is 5.91 Å². The lowest BCUT2D eigenvalue weighted by Crippen LogP contribution is -2.45. The fourth-order valence-corrected chi connectivity index (χ4v) is 2.40. The molecule has 1 aromatic rings. The van der Waals surface area contributed by atoms with E-state index in [4.69, 9.17) is 4.74 Å². The summed E-state index contributed by atoms with van der Waals surface area (Å²) in [5, 5.41) is 5.34. The van der Waals surface area contributed by atoms with Crippen LogP contribution in [0.2, 0.25) is 0 Å². The summed E-state index contributed by atoms with van der Waals surface area (Å²) in [5.74, 6) is 0.764. The van der Waals surface area contributed by atoms with Gasteiger partial charge in [0.25, 0.3) is 0 Å². The van der Waals surface area contributed by atoms with Gasteiger partial charge in [-0.2, -0.15) is 0 Å². The number of carbonyl (C=O) groups excluding carboxylic acids is 2. The van der Waals surface area contributed by atoms with Gasteiger partial charge < -0.3 is 20.3 Å². The van der Waals surface area contributed by atoms with Gasteiger partial charge in [0.05, 0.1) is 13.7 Å². The highest BCUT2D eigenvalue weighted by Gasteiger charge is 2.16. The topological polar surface area (TPSA) is 70.7 Å². The molecule has 1 aliphatic heterocycles. The molecule has 1 fully saturated rings. The summed E-state index contributed by atoms with van der Waals surface area (Å²) in [6.45, 7) is 2.06. The Balaban J connectivity index is 1.67. The molecule has 0 radical (unpaired) electrons. The molecule has 120 valence electrons. The number of benzene rings is 1. The third kappa shape index (κ3) is 4.95. The monoisotopic (exact) mass is 305 g/mol. The van der Waals surface area contributed by atoms with E-state index < -0.39 is 0 Å². The average molecular weight is 305 g/mol. The number of likely N-dealkylation sites (tertiary alicyclic amines) is 1. The molecule has 2 rings (SSSR count). The zero-order chi connectivity index (χ0) is 15.8. The summed E-state index contributed by atoms with van der Waals surface area (Å²) in [6, 6.07) is 7.13. The van der Waals surface area contributed by atoms with Crippen molar-refractivity contribution in [3.05, 3.63) is 29.8 Å². The van der Waals surface area contributed by atoms with E-state index in [9.17, 15) is 9.59 Å². The number of hydrogen-bond acceptors (Lipinski definition) is 3. The lowest BCUT2D eigenvalue weighted by atomic mass is 10.1. The van der Waals surface area contributed by atoms with Crippen molar-refractivity contribution in [2.75, 3.05) is 26.7 Å². The Bertz CT molecular complexity index is 496. The predicted molar refractivity (Wildman–Crippen MR) is 83.7 cm³/mol. The Morgan fingerprint density at radius 3 is 2.41 bits per heavy atom. The molecule has 0 aromatic heterocycles. The van der Waals surface area contributed by atoms with Crippen molar-refractivity contribution in [2.24, 2.45) is 0 Å². The third-order valence-corrected chi connectivity index (χ3v) is 3.72. The fraction of sp³-hybridized carbons (Fsp3) is 0.500. The van der Waals surface area contributed by atoms with Gasteiger partial charge in [-0.1, -0.05) is 12.1 Å². The van der Waals surface area contributed by atoms with E-state index in [-0.39, 0.29) is 18.5 Å². The van der Waals surface area contributed by atoms with Crippen molar-refractivity contribution in [1.29, 1.82) is 0 Å². The second kappa shape index (κ2) is 8.26. The molecular weight excluding hydrogens is 282 g/mol. The molecule has 2 N–H and O–H groups in total. The standard InChI is InChI=1S/C16H23N3O3/c1-22-14-7-5-13(6-8-14)11-17-16(21)18-12-15(20)19-9-3-2-4-10-19/h5-8H,2-4,9-12H2,1H3,(H2,17,18,21). The maximum atomic E-state index is 11.9. The third-order valence-electron chi connectivity index (χ3n) is 3.72. The smallest absolute Gasteiger partial charge is 0.315 e. The van der Waals surface area contributed by atoms with E-state index in [1.807, 2.05) is 29.2 Å². The molecule has 0 saturated carbocycles. The minimum atomic E-state index is -0.332. The Labute approximate surface area is 130 Å². The summed E-state index contributed by atoms with van der Waals surface area (Å²) in [6.07, 6.45) is 3.28. The van der Waals surface area contributed by atoms with Crippen LogP contribution in [-0.4, -0.2) is 43.6 Å². The maximum Gasteiger partial charge on any atom is 0.315 e. The number of rotatable bonds is 5. The van der Waals surface area contributed by atoms with Crippen LogP contribution >= 0.6 is 0 Å². The summed E-state index contributed by atoms with van der Waals surface area (Å²) in [7, 11) is 1.61. The van der Waals surface area contributed by atoms with E-state index >= 15 is 0 Å². The lowest BCUT2D eigenvalue weighted by molar-refractivity contribution is -0.130. The van der Waals surface area contributed by atoms with Crippen LogP contribution in [0.5, 0.6) is 5.75 Å². The number of piperidine rings is 1. The van der Waals surface area contributed by atoms with Crippen LogP contribution < -0.4 is 15.4 Å². The van der Waals surface area contributed by atoms with Crippen LogP contribution in [0.25, 0.3) is 0 Å². The van der Waals surface area contributed by atoms with E-state index in [1.54, 1.807) is 7.11 Å². The summed E-state index contributed by atoms with van der Waals surface area (Å²) >= 11 is 0. The molecule has 6 heteroatoms. The Kier molecular flexibility index (Phi) is 6.06. The number of nitrogens with one attached hydrogen (secondary N) is 2. The molecule has 0 unspecified atom stereocenters. The van der Waals surface area contributed by atoms with Gasteiger partial charge in [-0.05, 0) is 37.0 Å². The molecule has 0 bridgehead atoms. The van der Waals surface area contributed by atoms with Gasteiger partial charge in [-0.3, -0.25) is 4.79 Å². The Morgan fingerprint density at radius 1 is 1.09 bits per heavy atom. The summed E-state index contributed by atoms with van der Waals surface area (Å²) in [4.78, 5) is 25.4. The van der Waals surface area contributed by atoms with E-state index in [1.165, 1.54) is 6.42 Å². The van der Waals surface area contributed by atoms with Gasteiger partial charge in [-0.15, -0.1) is 0 Å².